The van der Waals surface area contributed by atoms with Crippen LogP contribution in [0.4, 0.5) is 5.82 Å². The summed E-state index contributed by atoms with van der Waals surface area (Å²) in [5.41, 5.74) is 1.63. The third-order valence-corrected chi connectivity index (χ3v) is 7.69. The molecule has 2 aliphatic rings. The van der Waals surface area contributed by atoms with Crippen LogP contribution in [-0.4, -0.2) is 61.4 Å². The standard InChI is InChI=1S/C21H24ClN3O3S/c22-19-6-2-1-4-16(19)14-18-5-3-9-25(18)20-8-7-17(15-23-20)21(26)24-10-12-29(27,28)13-11-24/h1-2,4,6-8,15,18H,3,5,9-14H2. The number of sulfone groups is 1. The summed E-state index contributed by atoms with van der Waals surface area (Å²) in [5.74, 6) is 0.758. The van der Waals surface area contributed by atoms with Crippen LogP contribution >= 0.6 is 11.6 Å². The summed E-state index contributed by atoms with van der Waals surface area (Å²) in [6.07, 6.45) is 4.64. The second-order valence-corrected chi connectivity index (χ2v) is 10.3. The van der Waals surface area contributed by atoms with Crippen molar-refractivity contribution in [2.75, 3.05) is 36.0 Å². The largest absolute Gasteiger partial charge is 0.353 e. The Morgan fingerprint density at radius 1 is 1.10 bits per heavy atom. The lowest BCUT2D eigenvalue weighted by Crippen LogP contribution is -2.43. The van der Waals surface area contributed by atoms with Crippen LogP contribution in [0.1, 0.15) is 28.8 Å². The SMILES string of the molecule is O=C(c1ccc(N2CCCC2Cc2ccccc2Cl)nc1)N1CCS(=O)(=O)CC1. The lowest BCUT2D eigenvalue weighted by atomic mass is 10.0. The highest BCUT2D eigenvalue weighted by Gasteiger charge is 2.28. The Morgan fingerprint density at radius 2 is 1.86 bits per heavy atom. The molecule has 2 aromatic rings. The van der Waals surface area contributed by atoms with E-state index in [0.717, 1.165) is 42.2 Å². The molecule has 1 aromatic heterocycles. The van der Waals surface area contributed by atoms with Gasteiger partial charge in [0, 0.05) is 36.9 Å². The van der Waals surface area contributed by atoms with E-state index in [-0.39, 0.29) is 30.5 Å². The molecule has 2 aliphatic heterocycles. The zero-order valence-electron chi connectivity index (χ0n) is 16.1. The normalized spacial score (nSPS) is 21.3. The first-order valence-electron chi connectivity index (χ1n) is 9.89. The Labute approximate surface area is 176 Å². The van der Waals surface area contributed by atoms with Gasteiger partial charge in [-0.2, -0.15) is 0 Å². The van der Waals surface area contributed by atoms with E-state index in [1.54, 1.807) is 17.2 Å². The van der Waals surface area contributed by atoms with Gasteiger partial charge in [-0.1, -0.05) is 29.8 Å². The Morgan fingerprint density at radius 3 is 2.55 bits per heavy atom. The minimum absolute atomic E-state index is 0.0295. The fourth-order valence-corrected chi connectivity index (χ4v) is 5.46. The molecule has 1 amide bonds. The third kappa shape index (κ3) is 4.56. The van der Waals surface area contributed by atoms with Crippen molar-refractivity contribution < 1.29 is 13.2 Å². The lowest BCUT2D eigenvalue weighted by molar-refractivity contribution is 0.0770. The molecule has 1 atom stereocenters. The molecular formula is C21H24ClN3O3S. The fraction of sp³-hybridized carbons (Fsp3) is 0.429. The van der Waals surface area contributed by atoms with Crippen LogP contribution in [0.3, 0.4) is 0 Å². The first kappa shape index (κ1) is 20.2. The minimum Gasteiger partial charge on any atom is -0.353 e. The highest BCUT2D eigenvalue weighted by atomic mass is 35.5. The molecule has 1 aromatic carbocycles. The fourth-order valence-electron chi connectivity index (χ4n) is 4.05. The number of benzene rings is 1. The molecule has 3 heterocycles. The number of carbonyl (C=O) groups is 1. The smallest absolute Gasteiger partial charge is 0.255 e. The minimum atomic E-state index is -3.01. The number of halogens is 1. The second kappa shape index (κ2) is 8.32. The van der Waals surface area contributed by atoms with E-state index in [1.165, 1.54) is 0 Å². The van der Waals surface area contributed by atoms with Gasteiger partial charge in [-0.3, -0.25) is 4.79 Å². The van der Waals surface area contributed by atoms with E-state index in [4.69, 9.17) is 11.6 Å². The summed E-state index contributed by atoms with van der Waals surface area (Å²) in [4.78, 5) is 21.1. The first-order valence-corrected chi connectivity index (χ1v) is 12.1. The van der Waals surface area contributed by atoms with Gasteiger partial charge < -0.3 is 9.80 Å². The second-order valence-electron chi connectivity index (χ2n) is 7.63. The van der Waals surface area contributed by atoms with Gasteiger partial charge in [-0.05, 0) is 43.0 Å². The van der Waals surface area contributed by atoms with Crippen molar-refractivity contribution in [3.63, 3.8) is 0 Å². The monoisotopic (exact) mass is 433 g/mol. The van der Waals surface area contributed by atoms with E-state index < -0.39 is 9.84 Å². The van der Waals surface area contributed by atoms with Crippen molar-refractivity contribution >= 4 is 33.2 Å². The number of hydrogen-bond acceptors (Lipinski definition) is 5. The number of pyridine rings is 1. The zero-order valence-corrected chi connectivity index (χ0v) is 17.7. The molecule has 0 radical (unpaired) electrons. The van der Waals surface area contributed by atoms with Crippen molar-refractivity contribution in [3.8, 4) is 0 Å². The maximum atomic E-state index is 12.6. The van der Waals surface area contributed by atoms with Crippen LogP contribution in [-0.2, 0) is 16.3 Å². The van der Waals surface area contributed by atoms with Gasteiger partial charge in [0.05, 0.1) is 17.1 Å². The van der Waals surface area contributed by atoms with Crippen molar-refractivity contribution in [3.05, 3.63) is 58.7 Å². The molecule has 0 bridgehead atoms. The summed E-state index contributed by atoms with van der Waals surface area (Å²) in [6, 6.07) is 11.9. The number of amides is 1. The molecule has 0 saturated carbocycles. The summed E-state index contributed by atoms with van der Waals surface area (Å²) in [6.45, 7) is 1.42. The molecule has 0 aliphatic carbocycles. The molecule has 0 spiro atoms. The van der Waals surface area contributed by atoms with Crippen LogP contribution in [0.25, 0.3) is 0 Å². The van der Waals surface area contributed by atoms with Gasteiger partial charge in [0.25, 0.3) is 5.91 Å². The molecule has 154 valence electrons. The van der Waals surface area contributed by atoms with Crippen molar-refractivity contribution in [2.45, 2.75) is 25.3 Å². The van der Waals surface area contributed by atoms with Gasteiger partial charge in [0.1, 0.15) is 5.82 Å². The summed E-state index contributed by atoms with van der Waals surface area (Å²) in [5, 5.41) is 0.789. The molecule has 8 heteroatoms. The maximum absolute atomic E-state index is 12.6. The van der Waals surface area contributed by atoms with Crippen molar-refractivity contribution in [1.82, 2.24) is 9.88 Å². The number of anilines is 1. The van der Waals surface area contributed by atoms with E-state index in [0.29, 0.717) is 11.6 Å². The predicted molar refractivity (Wildman–Crippen MR) is 114 cm³/mol. The Balaban J connectivity index is 1.44. The van der Waals surface area contributed by atoms with Crippen LogP contribution in [0.2, 0.25) is 5.02 Å². The summed E-state index contributed by atoms with van der Waals surface area (Å²) in [7, 11) is -3.01. The molecule has 2 fully saturated rings. The quantitative estimate of drug-likeness (QED) is 0.741. The van der Waals surface area contributed by atoms with Gasteiger partial charge >= 0.3 is 0 Å². The van der Waals surface area contributed by atoms with Gasteiger partial charge in [0.2, 0.25) is 0 Å². The Hall–Kier alpha value is -2.12. The summed E-state index contributed by atoms with van der Waals surface area (Å²) < 4.78 is 23.1. The van der Waals surface area contributed by atoms with E-state index in [2.05, 4.69) is 16.0 Å². The van der Waals surface area contributed by atoms with Gasteiger partial charge in [0.15, 0.2) is 9.84 Å². The average molecular weight is 434 g/mol. The Bertz CT molecular complexity index is 980. The summed E-state index contributed by atoms with van der Waals surface area (Å²) >= 11 is 6.33. The molecular weight excluding hydrogens is 410 g/mol. The lowest BCUT2D eigenvalue weighted by Gasteiger charge is -2.28. The van der Waals surface area contributed by atoms with Crippen LogP contribution in [0.15, 0.2) is 42.6 Å². The van der Waals surface area contributed by atoms with E-state index >= 15 is 0 Å². The van der Waals surface area contributed by atoms with Crippen LogP contribution < -0.4 is 4.90 Å². The highest BCUT2D eigenvalue weighted by molar-refractivity contribution is 7.91. The van der Waals surface area contributed by atoms with Crippen LogP contribution in [0, 0.1) is 0 Å². The van der Waals surface area contributed by atoms with Crippen molar-refractivity contribution in [2.24, 2.45) is 0 Å². The number of nitrogens with zero attached hydrogens (tertiary/aromatic N) is 3. The van der Waals surface area contributed by atoms with Gasteiger partial charge in [-0.25, -0.2) is 13.4 Å². The molecule has 0 N–H and O–H groups in total. The third-order valence-electron chi connectivity index (χ3n) is 5.71. The van der Waals surface area contributed by atoms with Crippen LogP contribution in [0.5, 0.6) is 0 Å². The highest BCUT2D eigenvalue weighted by Crippen LogP contribution is 2.28. The molecule has 4 rings (SSSR count). The number of hydrogen-bond donors (Lipinski definition) is 0. The maximum Gasteiger partial charge on any atom is 0.255 e. The molecule has 1 unspecified atom stereocenters. The van der Waals surface area contributed by atoms with E-state index in [1.807, 2.05) is 24.3 Å². The Kier molecular flexibility index (Phi) is 5.79. The van der Waals surface area contributed by atoms with Gasteiger partial charge in [-0.15, -0.1) is 0 Å². The molecule has 6 nitrogen and oxygen atoms in total. The number of rotatable bonds is 4. The van der Waals surface area contributed by atoms with E-state index in [9.17, 15) is 13.2 Å². The first-order chi connectivity index (χ1) is 13.9. The average Bonchev–Trinajstić information content (AvgIpc) is 3.17. The molecule has 29 heavy (non-hydrogen) atoms. The predicted octanol–water partition coefficient (Wildman–Crippen LogP) is 2.82. The number of aromatic nitrogens is 1. The molecule has 2 saturated heterocycles. The topological polar surface area (TPSA) is 70.6 Å². The number of carbonyl (C=O) groups excluding carboxylic acids is 1. The van der Waals surface area contributed by atoms with Crippen molar-refractivity contribution in [1.29, 1.82) is 0 Å². The zero-order chi connectivity index (χ0) is 20.4.